The Kier molecular flexibility index (Phi) is 4.64. The predicted molar refractivity (Wildman–Crippen MR) is 104 cm³/mol. The van der Waals surface area contributed by atoms with Gasteiger partial charge in [-0.2, -0.15) is 0 Å². The van der Waals surface area contributed by atoms with E-state index in [9.17, 15) is 9.18 Å². The number of methoxy groups -OCH3 is 1. The lowest BCUT2D eigenvalue weighted by Gasteiger charge is -2.05. The Labute approximate surface area is 158 Å². The molecule has 0 unspecified atom stereocenters. The summed E-state index contributed by atoms with van der Waals surface area (Å²) in [6.07, 6.45) is 1.47. The smallest absolute Gasteiger partial charge is 0.234 e. The van der Waals surface area contributed by atoms with Gasteiger partial charge < -0.3 is 15.0 Å². The molecule has 2 N–H and O–H groups in total. The third-order valence-corrected chi connectivity index (χ3v) is 4.99. The number of carbonyl (C=O) groups is 1. The predicted octanol–water partition coefficient (Wildman–Crippen LogP) is 3.99. The molecule has 2 heterocycles. The molecule has 0 aliphatic carbocycles. The quantitative estimate of drug-likeness (QED) is 0.403. The van der Waals surface area contributed by atoms with Crippen LogP contribution in [0.15, 0.2) is 53.8 Å². The van der Waals surface area contributed by atoms with Crippen LogP contribution in [0.1, 0.15) is 0 Å². The number of hydrogen-bond acceptors (Lipinski definition) is 5. The Morgan fingerprint density at radius 2 is 2.15 bits per heavy atom. The van der Waals surface area contributed by atoms with Gasteiger partial charge in [-0.15, -0.1) is 0 Å². The molecule has 2 aromatic heterocycles. The average molecular weight is 382 g/mol. The molecule has 0 saturated carbocycles. The van der Waals surface area contributed by atoms with Gasteiger partial charge in [0.1, 0.15) is 28.4 Å². The molecular weight excluding hydrogens is 367 g/mol. The summed E-state index contributed by atoms with van der Waals surface area (Å²) in [4.78, 5) is 24.1. The summed E-state index contributed by atoms with van der Waals surface area (Å²) in [5.41, 5.74) is 2.87. The zero-order valence-corrected chi connectivity index (χ0v) is 15.1. The zero-order chi connectivity index (χ0) is 18.8. The van der Waals surface area contributed by atoms with Crippen LogP contribution >= 0.6 is 11.8 Å². The fourth-order valence-corrected chi connectivity index (χ4v) is 3.54. The third kappa shape index (κ3) is 3.56. The second kappa shape index (κ2) is 7.24. The highest BCUT2D eigenvalue weighted by molar-refractivity contribution is 8.00. The molecule has 136 valence electrons. The van der Waals surface area contributed by atoms with Crippen molar-refractivity contribution in [2.75, 3.05) is 18.2 Å². The van der Waals surface area contributed by atoms with Gasteiger partial charge in [-0.1, -0.05) is 17.8 Å². The highest BCUT2D eigenvalue weighted by Crippen LogP contribution is 2.31. The van der Waals surface area contributed by atoms with E-state index in [0.29, 0.717) is 10.7 Å². The lowest BCUT2D eigenvalue weighted by molar-refractivity contribution is -0.113. The molecule has 6 nitrogen and oxygen atoms in total. The molecule has 0 radical (unpaired) electrons. The standard InChI is InChI=1S/C19H15FN4O2S/c1-26-13-5-6-15-14(8-13)17-18(24-15)19(22-10-21-17)27-9-16(25)23-12-4-2-3-11(20)7-12/h2-8,10,24H,9H2,1H3,(H,23,25). The molecule has 0 aliphatic rings. The van der Waals surface area contributed by atoms with E-state index in [1.807, 2.05) is 18.2 Å². The Balaban J connectivity index is 1.56. The number of aromatic nitrogens is 3. The van der Waals surface area contributed by atoms with Crippen LogP contribution in [0.3, 0.4) is 0 Å². The molecule has 0 atom stereocenters. The van der Waals surface area contributed by atoms with Crippen LogP contribution in [0.2, 0.25) is 0 Å². The normalized spacial score (nSPS) is 11.0. The molecule has 0 fully saturated rings. The van der Waals surface area contributed by atoms with E-state index in [1.165, 1.54) is 30.2 Å². The maximum absolute atomic E-state index is 13.2. The first kappa shape index (κ1) is 17.3. The van der Waals surface area contributed by atoms with Gasteiger partial charge in [0.05, 0.1) is 18.4 Å². The second-order valence-electron chi connectivity index (χ2n) is 5.79. The van der Waals surface area contributed by atoms with Crippen LogP contribution in [-0.4, -0.2) is 33.7 Å². The zero-order valence-electron chi connectivity index (χ0n) is 14.3. The lowest BCUT2D eigenvalue weighted by Crippen LogP contribution is -2.14. The first-order valence-corrected chi connectivity index (χ1v) is 9.11. The number of hydrogen-bond donors (Lipinski definition) is 2. The van der Waals surface area contributed by atoms with Gasteiger partial charge in [0, 0.05) is 16.6 Å². The number of carbonyl (C=O) groups excluding carboxylic acids is 1. The van der Waals surface area contributed by atoms with Crippen molar-refractivity contribution in [3.05, 3.63) is 54.6 Å². The van der Waals surface area contributed by atoms with E-state index in [0.717, 1.165) is 27.7 Å². The average Bonchev–Trinajstić information content (AvgIpc) is 3.04. The van der Waals surface area contributed by atoms with Crippen molar-refractivity contribution in [1.82, 2.24) is 15.0 Å². The number of ether oxygens (including phenoxy) is 1. The van der Waals surface area contributed by atoms with E-state index in [1.54, 1.807) is 19.2 Å². The minimum atomic E-state index is -0.397. The van der Waals surface area contributed by atoms with Crippen LogP contribution < -0.4 is 10.1 Å². The number of anilines is 1. The van der Waals surface area contributed by atoms with Gasteiger partial charge in [0.25, 0.3) is 0 Å². The van der Waals surface area contributed by atoms with Gasteiger partial charge in [0.2, 0.25) is 5.91 Å². The van der Waals surface area contributed by atoms with Crippen molar-refractivity contribution in [3.8, 4) is 5.75 Å². The molecule has 27 heavy (non-hydrogen) atoms. The van der Waals surface area contributed by atoms with Gasteiger partial charge in [-0.3, -0.25) is 4.79 Å². The summed E-state index contributed by atoms with van der Waals surface area (Å²) in [5, 5.41) is 4.27. The number of nitrogens with zero attached hydrogens (tertiary/aromatic N) is 2. The molecule has 8 heteroatoms. The fraction of sp³-hybridized carbons (Fsp3) is 0.105. The Hall–Kier alpha value is -3.13. The van der Waals surface area contributed by atoms with E-state index >= 15 is 0 Å². The fourth-order valence-electron chi connectivity index (χ4n) is 2.78. The van der Waals surface area contributed by atoms with E-state index in [4.69, 9.17) is 4.74 Å². The first-order chi connectivity index (χ1) is 13.1. The van der Waals surface area contributed by atoms with Gasteiger partial charge in [-0.25, -0.2) is 14.4 Å². The van der Waals surface area contributed by atoms with E-state index in [-0.39, 0.29) is 11.7 Å². The van der Waals surface area contributed by atoms with E-state index < -0.39 is 5.82 Å². The maximum Gasteiger partial charge on any atom is 0.234 e. The maximum atomic E-state index is 13.2. The minimum absolute atomic E-state index is 0.140. The number of aromatic amines is 1. The number of nitrogens with one attached hydrogen (secondary N) is 2. The van der Waals surface area contributed by atoms with Crippen molar-refractivity contribution < 1.29 is 13.9 Å². The van der Waals surface area contributed by atoms with Crippen molar-refractivity contribution >= 4 is 45.3 Å². The van der Waals surface area contributed by atoms with Crippen LogP contribution in [0.25, 0.3) is 21.9 Å². The third-order valence-electron chi connectivity index (χ3n) is 4.00. The van der Waals surface area contributed by atoms with E-state index in [2.05, 4.69) is 20.3 Å². The molecular formula is C19H15FN4O2S. The number of halogens is 1. The van der Waals surface area contributed by atoms with Crippen LogP contribution in [0, 0.1) is 5.82 Å². The summed E-state index contributed by atoms with van der Waals surface area (Å²) >= 11 is 1.29. The molecule has 1 amide bonds. The number of H-pyrrole nitrogens is 1. The molecule has 0 saturated heterocycles. The van der Waals surface area contributed by atoms with Crippen LogP contribution in [-0.2, 0) is 4.79 Å². The summed E-state index contributed by atoms with van der Waals surface area (Å²) in [6.45, 7) is 0. The van der Waals surface area contributed by atoms with Crippen molar-refractivity contribution in [2.24, 2.45) is 0 Å². The first-order valence-electron chi connectivity index (χ1n) is 8.12. The SMILES string of the molecule is COc1ccc2[nH]c3c(SCC(=O)Nc4cccc(F)c4)ncnc3c2c1. The van der Waals surface area contributed by atoms with Crippen molar-refractivity contribution in [1.29, 1.82) is 0 Å². The highest BCUT2D eigenvalue weighted by Gasteiger charge is 2.13. The number of fused-ring (bicyclic) bond motifs is 3. The lowest BCUT2D eigenvalue weighted by atomic mass is 10.2. The van der Waals surface area contributed by atoms with Crippen LogP contribution in [0.5, 0.6) is 5.75 Å². The Morgan fingerprint density at radius 3 is 2.96 bits per heavy atom. The monoisotopic (exact) mass is 382 g/mol. The van der Waals surface area contributed by atoms with Crippen molar-refractivity contribution in [2.45, 2.75) is 5.03 Å². The summed E-state index contributed by atoms with van der Waals surface area (Å²) in [5.74, 6) is 0.244. The molecule has 4 rings (SSSR count). The summed E-state index contributed by atoms with van der Waals surface area (Å²) in [6, 6.07) is 11.5. The topological polar surface area (TPSA) is 79.9 Å². The van der Waals surface area contributed by atoms with Gasteiger partial charge in [-0.05, 0) is 36.4 Å². The van der Waals surface area contributed by atoms with Gasteiger partial charge in [0.15, 0.2) is 0 Å². The minimum Gasteiger partial charge on any atom is -0.497 e. The largest absolute Gasteiger partial charge is 0.497 e. The number of thioether (sulfide) groups is 1. The van der Waals surface area contributed by atoms with Crippen molar-refractivity contribution in [3.63, 3.8) is 0 Å². The van der Waals surface area contributed by atoms with Gasteiger partial charge >= 0.3 is 0 Å². The number of benzene rings is 2. The molecule has 0 spiro atoms. The summed E-state index contributed by atoms with van der Waals surface area (Å²) in [7, 11) is 1.61. The number of amides is 1. The highest BCUT2D eigenvalue weighted by atomic mass is 32.2. The second-order valence-corrected chi connectivity index (χ2v) is 6.75. The molecule has 0 bridgehead atoms. The molecule has 0 aliphatic heterocycles. The number of rotatable bonds is 5. The Morgan fingerprint density at radius 1 is 1.26 bits per heavy atom. The molecule has 2 aromatic carbocycles. The Bertz CT molecular complexity index is 1150. The van der Waals surface area contributed by atoms with Crippen LogP contribution in [0.4, 0.5) is 10.1 Å². The summed E-state index contributed by atoms with van der Waals surface area (Å²) < 4.78 is 18.5. The molecule has 4 aromatic rings.